The van der Waals surface area contributed by atoms with Gasteiger partial charge in [0.25, 0.3) is 0 Å². The third-order valence-electron chi connectivity index (χ3n) is 6.73. The second kappa shape index (κ2) is 8.87. The van der Waals surface area contributed by atoms with Crippen molar-refractivity contribution in [1.82, 2.24) is 14.5 Å². The minimum atomic E-state index is -0.206. The third-order valence-corrected chi connectivity index (χ3v) is 6.73. The highest BCUT2D eigenvalue weighted by atomic mass is 19.1. The monoisotopic (exact) mass is 463 g/mol. The topological polar surface area (TPSA) is 37.2 Å². The predicted molar refractivity (Wildman–Crippen MR) is 140 cm³/mol. The van der Waals surface area contributed by atoms with Gasteiger partial charge in [-0.15, -0.1) is 0 Å². The second-order valence-electron chi connectivity index (χ2n) is 8.96. The number of piperazine rings is 1. The molecule has 3 heterocycles. The zero-order valence-electron chi connectivity index (χ0n) is 19.6. The van der Waals surface area contributed by atoms with Crippen LogP contribution in [0.25, 0.3) is 27.8 Å². The van der Waals surface area contributed by atoms with E-state index in [1.165, 1.54) is 17.7 Å². The molecule has 174 valence electrons. The molecule has 0 amide bonds. The highest BCUT2D eigenvalue weighted by molar-refractivity contribution is 6.02. The Kier molecular flexibility index (Phi) is 5.41. The summed E-state index contributed by atoms with van der Waals surface area (Å²) in [5, 5.41) is 1.06. The van der Waals surface area contributed by atoms with E-state index < -0.39 is 0 Å². The molecule has 0 spiro atoms. The summed E-state index contributed by atoms with van der Waals surface area (Å²) in [7, 11) is 0. The lowest BCUT2D eigenvalue weighted by atomic mass is 10.1. The fraction of sp³-hybridized carbons (Fsp3) is 0.172. The van der Waals surface area contributed by atoms with Crippen LogP contribution in [0.2, 0.25) is 0 Å². The Labute approximate surface area is 204 Å². The van der Waals surface area contributed by atoms with Crippen LogP contribution >= 0.6 is 0 Å². The summed E-state index contributed by atoms with van der Waals surface area (Å²) in [5.41, 5.74) is 6.52. The van der Waals surface area contributed by atoms with Crippen LogP contribution in [0.4, 0.5) is 15.9 Å². The fourth-order valence-electron chi connectivity index (χ4n) is 4.85. The number of rotatable bonds is 4. The van der Waals surface area contributed by atoms with Crippen LogP contribution in [0.3, 0.4) is 0 Å². The van der Waals surface area contributed by atoms with Gasteiger partial charge in [-0.25, -0.2) is 14.4 Å². The number of nitrogens with zero attached hydrogens (tertiary/aromatic N) is 5. The largest absolute Gasteiger partial charge is 0.368 e. The van der Waals surface area contributed by atoms with Crippen LogP contribution in [0.5, 0.6) is 0 Å². The lowest BCUT2D eigenvalue weighted by Gasteiger charge is -2.37. The Morgan fingerprint density at radius 3 is 2.09 bits per heavy atom. The second-order valence-corrected chi connectivity index (χ2v) is 8.96. The Morgan fingerprint density at radius 2 is 1.37 bits per heavy atom. The lowest BCUT2D eigenvalue weighted by Crippen LogP contribution is -2.46. The number of hydrogen-bond donors (Lipinski definition) is 0. The molecule has 0 N–H and O–H groups in total. The molecule has 0 saturated carbocycles. The molecule has 1 saturated heterocycles. The van der Waals surface area contributed by atoms with Crippen molar-refractivity contribution in [3.8, 4) is 16.8 Å². The van der Waals surface area contributed by atoms with Gasteiger partial charge in [0.15, 0.2) is 5.65 Å². The van der Waals surface area contributed by atoms with Crippen molar-refractivity contribution in [2.24, 2.45) is 0 Å². The van der Waals surface area contributed by atoms with E-state index in [9.17, 15) is 4.39 Å². The van der Waals surface area contributed by atoms with E-state index in [-0.39, 0.29) is 5.82 Å². The van der Waals surface area contributed by atoms with E-state index in [4.69, 9.17) is 9.97 Å². The molecule has 0 radical (unpaired) electrons. The van der Waals surface area contributed by atoms with Crippen molar-refractivity contribution in [2.75, 3.05) is 36.0 Å². The van der Waals surface area contributed by atoms with Crippen LogP contribution in [0, 0.1) is 12.7 Å². The number of benzene rings is 3. The molecule has 5 aromatic rings. The summed E-state index contributed by atoms with van der Waals surface area (Å²) in [6.07, 6.45) is 3.85. The highest BCUT2D eigenvalue weighted by Crippen LogP contribution is 2.37. The molecule has 6 heteroatoms. The van der Waals surface area contributed by atoms with Crippen LogP contribution < -0.4 is 9.80 Å². The Morgan fingerprint density at radius 1 is 0.714 bits per heavy atom. The van der Waals surface area contributed by atoms with Crippen LogP contribution in [-0.2, 0) is 0 Å². The molecule has 1 aliphatic heterocycles. The standard InChI is InChI=1S/C29H26FN5/c1-21-7-11-25(12-8-21)35-19-26(22-5-3-2-4-6-22)27-28(31-20-32-29(27)35)34-17-15-33(16-18-34)24-13-9-23(30)10-14-24/h2-14,19-20H,15-18H2,1H3. The molecule has 0 unspecified atom stereocenters. The van der Waals surface area contributed by atoms with Gasteiger partial charge in [-0.1, -0.05) is 48.0 Å². The Bertz CT molecular complexity index is 1450. The average Bonchev–Trinajstić information content (AvgIpc) is 3.30. The highest BCUT2D eigenvalue weighted by Gasteiger charge is 2.24. The summed E-state index contributed by atoms with van der Waals surface area (Å²) >= 11 is 0. The molecular formula is C29H26FN5. The van der Waals surface area contributed by atoms with Gasteiger partial charge in [0.1, 0.15) is 18.0 Å². The SMILES string of the molecule is Cc1ccc(-n2cc(-c3ccccc3)c3c(N4CCN(c5ccc(F)cc5)CC4)ncnc32)cc1. The molecule has 2 aromatic heterocycles. The lowest BCUT2D eigenvalue weighted by molar-refractivity contribution is 0.624. The third kappa shape index (κ3) is 4.01. The molecule has 1 aliphatic rings. The van der Waals surface area contributed by atoms with Crippen molar-refractivity contribution in [3.05, 3.63) is 103 Å². The number of halogens is 1. The summed E-state index contributed by atoms with van der Waals surface area (Å²) in [5.74, 6) is 0.751. The van der Waals surface area contributed by atoms with Crippen molar-refractivity contribution in [3.63, 3.8) is 0 Å². The maximum atomic E-state index is 13.4. The van der Waals surface area contributed by atoms with Gasteiger partial charge in [-0.05, 0) is 48.9 Å². The van der Waals surface area contributed by atoms with E-state index in [0.29, 0.717) is 0 Å². The normalized spacial score (nSPS) is 14.0. The molecule has 5 nitrogen and oxygen atoms in total. The van der Waals surface area contributed by atoms with Gasteiger partial charge in [0, 0.05) is 49.3 Å². The zero-order valence-corrected chi connectivity index (χ0v) is 19.6. The predicted octanol–water partition coefficient (Wildman–Crippen LogP) is 5.86. The van der Waals surface area contributed by atoms with Gasteiger partial charge < -0.3 is 14.4 Å². The van der Waals surface area contributed by atoms with Crippen molar-refractivity contribution < 1.29 is 4.39 Å². The van der Waals surface area contributed by atoms with Gasteiger partial charge in [-0.2, -0.15) is 0 Å². The first kappa shape index (κ1) is 21.4. The smallest absolute Gasteiger partial charge is 0.150 e. The molecular weight excluding hydrogens is 437 g/mol. The fourth-order valence-corrected chi connectivity index (χ4v) is 4.85. The Hall–Kier alpha value is -4.19. The van der Waals surface area contributed by atoms with Crippen LogP contribution in [0.15, 0.2) is 91.4 Å². The van der Waals surface area contributed by atoms with E-state index in [1.54, 1.807) is 6.33 Å². The van der Waals surface area contributed by atoms with E-state index in [1.807, 2.05) is 18.2 Å². The maximum absolute atomic E-state index is 13.4. The first-order valence-corrected chi connectivity index (χ1v) is 11.9. The molecule has 3 aromatic carbocycles. The molecule has 0 aliphatic carbocycles. The van der Waals surface area contributed by atoms with E-state index in [0.717, 1.165) is 65.5 Å². The quantitative estimate of drug-likeness (QED) is 0.335. The van der Waals surface area contributed by atoms with Crippen molar-refractivity contribution in [2.45, 2.75) is 6.92 Å². The van der Waals surface area contributed by atoms with Gasteiger partial charge in [0.05, 0.1) is 5.39 Å². The van der Waals surface area contributed by atoms with Crippen molar-refractivity contribution >= 4 is 22.5 Å². The van der Waals surface area contributed by atoms with Gasteiger partial charge in [-0.3, -0.25) is 0 Å². The number of aryl methyl sites for hydroxylation is 1. The zero-order chi connectivity index (χ0) is 23.8. The molecule has 0 atom stereocenters. The van der Waals surface area contributed by atoms with Gasteiger partial charge >= 0.3 is 0 Å². The number of fused-ring (bicyclic) bond motifs is 1. The molecule has 35 heavy (non-hydrogen) atoms. The molecule has 1 fully saturated rings. The summed E-state index contributed by atoms with van der Waals surface area (Å²) < 4.78 is 15.5. The summed E-state index contributed by atoms with van der Waals surface area (Å²) in [6, 6.07) is 25.7. The maximum Gasteiger partial charge on any atom is 0.150 e. The van der Waals surface area contributed by atoms with E-state index >= 15 is 0 Å². The van der Waals surface area contributed by atoms with Gasteiger partial charge in [0.2, 0.25) is 0 Å². The molecule has 0 bridgehead atoms. The summed E-state index contributed by atoms with van der Waals surface area (Å²) in [4.78, 5) is 14.2. The minimum Gasteiger partial charge on any atom is -0.368 e. The van der Waals surface area contributed by atoms with Crippen molar-refractivity contribution in [1.29, 1.82) is 0 Å². The summed E-state index contributed by atoms with van der Waals surface area (Å²) in [6.45, 7) is 5.44. The minimum absolute atomic E-state index is 0.206. The van der Waals surface area contributed by atoms with Crippen LogP contribution in [0.1, 0.15) is 5.56 Å². The first-order chi connectivity index (χ1) is 17.2. The number of aromatic nitrogens is 3. The van der Waals surface area contributed by atoms with Crippen LogP contribution in [-0.4, -0.2) is 40.7 Å². The van der Waals surface area contributed by atoms with E-state index in [2.05, 4.69) is 76.0 Å². The number of anilines is 2. The molecule has 6 rings (SSSR count). The Balaban J connectivity index is 1.41. The number of hydrogen-bond acceptors (Lipinski definition) is 4. The average molecular weight is 464 g/mol. The first-order valence-electron chi connectivity index (χ1n) is 11.9.